The summed E-state index contributed by atoms with van der Waals surface area (Å²) in [4.78, 5) is 23.4. The summed E-state index contributed by atoms with van der Waals surface area (Å²) >= 11 is 11.9. The topological polar surface area (TPSA) is 128 Å². The van der Waals surface area contributed by atoms with Crippen LogP contribution in [0.15, 0.2) is 53.1 Å². The lowest BCUT2D eigenvalue weighted by Gasteiger charge is -2.29. The second kappa shape index (κ2) is 8.39. The van der Waals surface area contributed by atoms with Crippen molar-refractivity contribution >= 4 is 50.9 Å². The number of carbonyl (C=O) groups excluding carboxylic acids is 2. The van der Waals surface area contributed by atoms with E-state index in [9.17, 15) is 22.6 Å². The van der Waals surface area contributed by atoms with Crippen LogP contribution in [0.2, 0.25) is 10.0 Å². The predicted molar refractivity (Wildman–Crippen MR) is 111 cm³/mol. The zero-order valence-electron chi connectivity index (χ0n) is 16.0. The molecule has 9 nitrogen and oxygen atoms in total. The van der Waals surface area contributed by atoms with Crippen molar-refractivity contribution in [2.75, 3.05) is 5.32 Å². The first kappa shape index (κ1) is 22.9. The molecule has 2 N–H and O–H groups in total. The molecule has 1 aliphatic rings. The minimum atomic E-state index is -4.72. The van der Waals surface area contributed by atoms with Crippen molar-refractivity contribution in [3.05, 3.63) is 58.2 Å². The molecule has 0 saturated carbocycles. The van der Waals surface area contributed by atoms with Crippen molar-refractivity contribution < 1.29 is 36.8 Å². The van der Waals surface area contributed by atoms with E-state index in [1.807, 2.05) is 0 Å². The van der Waals surface area contributed by atoms with Gasteiger partial charge in [0.2, 0.25) is 0 Å². The first-order chi connectivity index (χ1) is 14.4. The van der Waals surface area contributed by atoms with Crippen LogP contribution >= 0.6 is 23.2 Å². The van der Waals surface area contributed by atoms with E-state index in [4.69, 9.17) is 37.4 Å². The molecule has 1 fully saturated rings. The van der Waals surface area contributed by atoms with Gasteiger partial charge in [-0.1, -0.05) is 23.2 Å². The fourth-order valence-corrected chi connectivity index (χ4v) is 3.63. The van der Waals surface area contributed by atoms with Crippen LogP contribution in [0.5, 0.6) is 11.5 Å². The Labute approximate surface area is 187 Å². The molecule has 1 heterocycles. The van der Waals surface area contributed by atoms with Crippen LogP contribution in [-0.4, -0.2) is 30.7 Å². The number of benzene rings is 2. The Kier molecular flexibility index (Phi) is 6.19. The maximum absolute atomic E-state index is 12.0. The highest BCUT2D eigenvalue weighted by Gasteiger charge is 2.39. The van der Waals surface area contributed by atoms with Crippen molar-refractivity contribution in [2.24, 2.45) is 0 Å². The molecule has 2 aromatic rings. The molecule has 0 aliphatic carbocycles. The summed E-state index contributed by atoms with van der Waals surface area (Å²) in [6.07, 6.45) is 0.917. The summed E-state index contributed by atoms with van der Waals surface area (Å²) in [5.41, 5.74) is -0.635. The van der Waals surface area contributed by atoms with E-state index in [0.717, 1.165) is 12.3 Å². The van der Waals surface area contributed by atoms with Crippen molar-refractivity contribution in [3.8, 4) is 11.5 Å². The first-order valence-corrected chi connectivity index (χ1v) is 10.7. The molecule has 0 amide bonds. The summed E-state index contributed by atoms with van der Waals surface area (Å²) in [5.74, 6) is -3.11. The zero-order valence-corrected chi connectivity index (χ0v) is 18.3. The monoisotopic (exact) mass is 487 g/mol. The van der Waals surface area contributed by atoms with Gasteiger partial charge in [0.1, 0.15) is 16.4 Å². The van der Waals surface area contributed by atoms with Crippen LogP contribution in [0.4, 0.5) is 5.69 Å². The van der Waals surface area contributed by atoms with E-state index < -0.39 is 38.3 Å². The van der Waals surface area contributed by atoms with Gasteiger partial charge in [-0.05, 0) is 30.3 Å². The maximum Gasteiger partial charge on any atom is 0.350 e. The van der Waals surface area contributed by atoms with Gasteiger partial charge in [-0.3, -0.25) is 4.55 Å². The van der Waals surface area contributed by atoms with Crippen LogP contribution in [0.25, 0.3) is 0 Å². The van der Waals surface area contributed by atoms with E-state index in [1.165, 1.54) is 44.2 Å². The number of hydrogen-bond donors (Lipinski definition) is 2. The largest absolute Gasteiger partial charge is 0.456 e. The van der Waals surface area contributed by atoms with E-state index >= 15 is 0 Å². The van der Waals surface area contributed by atoms with Crippen molar-refractivity contribution in [1.82, 2.24) is 0 Å². The Hall–Kier alpha value is -2.79. The summed E-state index contributed by atoms with van der Waals surface area (Å²) in [5, 5.41) is 3.05. The second-order valence-electron chi connectivity index (χ2n) is 6.69. The molecular formula is C19H15Cl2NO8S. The van der Waals surface area contributed by atoms with Gasteiger partial charge in [-0.2, -0.15) is 8.42 Å². The van der Waals surface area contributed by atoms with Crippen molar-refractivity contribution in [1.29, 1.82) is 0 Å². The summed E-state index contributed by atoms with van der Waals surface area (Å²) in [6, 6.07) is 8.10. The van der Waals surface area contributed by atoms with Gasteiger partial charge in [0.15, 0.2) is 5.57 Å². The van der Waals surface area contributed by atoms with Crippen LogP contribution in [0, 0.1) is 0 Å². The Morgan fingerprint density at radius 3 is 2.29 bits per heavy atom. The molecule has 0 aromatic heterocycles. The van der Waals surface area contributed by atoms with Crippen LogP contribution in [0.1, 0.15) is 13.8 Å². The quantitative estimate of drug-likeness (QED) is 0.276. The summed E-state index contributed by atoms with van der Waals surface area (Å²) in [6.45, 7) is 2.77. The minimum Gasteiger partial charge on any atom is -0.456 e. The molecule has 3 rings (SSSR count). The number of cyclic esters (lactones) is 2. The average molecular weight is 488 g/mol. The molecule has 1 saturated heterocycles. The molecule has 0 bridgehead atoms. The highest BCUT2D eigenvalue weighted by atomic mass is 35.5. The third kappa shape index (κ3) is 5.47. The van der Waals surface area contributed by atoms with E-state index in [-0.39, 0.29) is 22.2 Å². The Morgan fingerprint density at radius 2 is 1.71 bits per heavy atom. The molecular weight excluding hydrogens is 473 g/mol. The lowest BCUT2D eigenvalue weighted by atomic mass is 10.2. The van der Waals surface area contributed by atoms with Gasteiger partial charge in [0.25, 0.3) is 15.9 Å². The van der Waals surface area contributed by atoms with E-state index in [2.05, 4.69) is 5.32 Å². The van der Waals surface area contributed by atoms with Gasteiger partial charge < -0.3 is 19.5 Å². The number of halogens is 2. The summed E-state index contributed by atoms with van der Waals surface area (Å²) in [7, 11) is -4.72. The van der Waals surface area contributed by atoms with Gasteiger partial charge in [-0.25, -0.2) is 9.59 Å². The smallest absolute Gasteiger partial charge is 0.350 e. The van der Waals surface area contributed by atoms with Gasteiger partial charge in [0.05, 0.1) is 10.7 Å². The van der Waals surface area contributed by atoms with Crippen LogP contribution in [0.3, 0.4) is 0 Å². The fraction of sp³-hybridized carbons (Fsp3) is 0.158. The first-order valence-electron chi connectivity index (χ1n) is 8.53. The molecule has 1 aliphatic heterocycles. The SMILES string of the molecule is CC1(C)OC(=O)C(=CNc2ccc(Oc3ccc(Cl)cc3Cl)cc2S(=O)(=O)O)C(=O)O1. The molecule has 31 heavy (non-hydrogen) atoms. The molecule has 12 heteroatoms. The van der Waals surface area contributed by atoms with Gasteiger partial charge >= 0.3 is 11.9 Å². The third-order valence-corrected chi connectivity index (χ3v) is 5.27. The molecule has 2 aromatic carbocycles. The maximum atomic E-state index is 12.0. The molecule has 164 valence electrons. The number of ether oxygens (including phenoxy) is 3. The van der Waals surface area contributed by atoms with E-state index in [1.54, 1.807) is 0 Å². The van der Waals surface area contributed by atoms with Crippen molar-refractivity contribution in [3.63, 3.8) is 0 Å². The average Bonchev–Trinajstić information content (AvgIpc) is 2.62. The minimum absolute atomic E-state index is 0.0354. The van der Waals surface area contributed by atoms with Crippen LogP contribution < -0.4 is 10.1 Å². The number of hydrogen-bond acceptors (Lipinski definition) is 8. The number of rotatable bonds is 5. The fourth-order valence-electron chi connectivity index (χ4n) is 2.51. The second-order valence-corrected chi connectivity index (χ2v) is 8.92. The standard InChI is InChI=1S/C19H15Cl2NO8S/c1-19(2)29-17(23)12(18(24)30-19)9-22-14-5-4-11(8-16(14)31(25,26)27)28-15-6-3-10(20)7-13(15)21/h3-9,22H,1-2H3,(H,25,26,27). The normalized spacial score (nSPS) is 15.7. The number of anilines is 1. The molecule has 0 unspecified atom stereocenters. The van der Waals surface area contributed by atoms with Crippen LogP contribution in [-0.2, 0) is 29.2 Å². The number of nitrogens with one attached hydrogen (secondary N) is 1. The lowest BCUT2D eigenvalue weighted by molar-refractivity contribution is -0.222. The van der Waals surface area contributed by atoms with E-state index in [0.29, 0.717) is 5.02 Å². The lowest BCUT2D eigenvalue weighted by Crippen LogP contribution is -2.42. The molecule has 0 radical (unpaired) electrons. The molecule has 0 spiro atoms. The van der Waals surface area contributed by atoms with Gasteiger partial charge in [0, 0.05) is 31.1 Å². The van der Waals surface area contributed by atoms with Gasteiger partial charge in [-0.15, -0.1) is 0 Å². The summed E-state index contributed by atoms with van der Waals surface area (Å²) < 4.78 is 48.7. The highest BCUT2D eigenvalue weighted by Crippen LogP contribution is 2.34. The number of carbonyl (C=O) groups is 2. The predicted octanol–water partition coefficient (Wildman–Crippen LogP) is 4.16. The van der Waals surface area contributed by atoms with Crippen molar-refractivity contribution in [2.45, 2.75) is 24.5 Å². The third-order valence-electron chi connectivity index (χ3n) is 3.84. The Bertz CT molecular complexity index is 1190. The zero-order chi connectivity index (χ0) is 23.0. The highest BCUT2D eigenvalue weighted by molar-refractivity contribution is 7.86. The Balaban J connectivity index is 1.91. The Morgan fingerprint density at radius 1 is 1.06 bits per heavy atom. The number of esters is 2. The molecule has 0 atom stereocenters.